The minimum absolute atomic E-state index is 0.591. The van der Waals surface area contributed by atoms with Crippen molar-refractivity contribution >= 4 is 0 Å². The zero-order chi connectivity index (χ0) is 8.27. The maximum absolute atomic E-state index is 5.66. The van der Waals surface area contributed by atoms with Crippen molar-refractivity contribution in [3.63, 3.8) is 0 Å². The van der Waals surface area contributed by atoms with E-state index in [2.05, 4.69) is 32.1 Å². The number of hydrogen-bond donors (Lipinski definition) is 1. The predicted octanol–water partition coefficient (Wildman–Crippen LogP) is 2.37. The van der Waals surface area contributed by atoms with Gasteiger partial charge in [0.15, 0.2) is 0 Å². The van der Waals surface area contributed by atoms with Gasteiger partial charge >= 0.3 is 0 Å². The summed E-state index contributed by atoms with van der Waals surface area (Å²) in [5.74, 6) is 0.591. The van der Waals surface area contributed by atoms with Crippen molar-refractivity contribution < 1.29 is 0 Å². The Labute approximate surface area is 68.3 Å². The van der Waals surface area contributed by atoms with Crippen molar-refractivity contribution in [2.75, 3.05) is 0 Å². The fourth-order valence-corrected chi connectivity index (χ4v) is 1.04. The smallest absolute Gasteiger partial charge is 0.0119 e. The van der Waals surface area contributed by atoms with E-state index in [0.29, 0.717) is 5.92 Å². The van der Waals surface area contributed by atoms with E-state index in [1.807, 2.05) is 6.08 Å². The van der Waals surface area contributed by atoms with Crippen molar-refractivity contribution in [3.8, 4) is 0 Å². The molecule has 1 nitrogen and oxygen atoms in total. The first-order chi connectivity index (χ1) is 5.20. The summed E-state index contributed by atoms with van der Waals surface area (Å²) in [5, 5.41) is 0. The summed E-state index contributed by atoms with van der Waals surface area (Å²) in [6, 6.07) is 0. The van der Waals surface area contributed by atoms with Crippen LogP contribution in [0.5, 0.6) is 0 Å². The largest absolute Gasteiger partial charge is 0.402 e. The van der Waals surface area contributed by atoms with Crippen molar-refractivity contribution in [2.24, 2.45) is 11.7 Å². The molecule has 60 valence electrons. The molecule has 1 aliphatic carbocycles. The third kappa shape index (κ3) is 2.26. The summed E-state index contributed by atoms with van der Waals surface area (Å²) >= 11 is 0. The van der Waals surface area contributed by atoms with E-state index in [1.165, 1.54) is 5.57 Å². The van der Waals surface area contributed by atoms with Gasteiger partial charge in [0.25, 0.3) is 0 Å². The molecule has 0 atom stereocenters. The van der Waals surface area contributed by atoms with Gasteiger partial charge in [-0.15, -0.1) is 0 Å². The average Bonchev–Trinajstić information content (AvgIpc) is 2.13. The van der Waals surface area contributed by atoms with E-state index in [1.54, 1.807) is 0 Å². The molecule has 0 radical (unpaired) electrons. The molecule has 0 heterocycles. The van der Waals surface area contributed by atoms with Gasteiger partial charge in [-0.25, -0.2) is 0 Å². The van der Waals surface area contributed by atoms with Gasteiger partial charge in [0.1, 0.15) is 0 Å². The molecule has 0 aromatic heterocycles. The summed E-state index contributed by atoms with van der Waals surface area (Å²) in [5.41, 5.74) is 7.96. The molecule has 0 aromatic rings. The van der Waals surface area contributed by atoms with E-state index >= 15 is 0 Å². The Morgan fingerprint density at radius 3 is 2.73 bits per heavy atom. The SMILES string of the molecule is CC(C)C1=CC=C(N)CC=C1. The lowest BCUT2D eigenvalue weighted by Gasteiger charge is -2.02. The van der Waals surface area contributed by atoms with Gasteiger partial charge in [-0.1, -0.05) is 32.1 Å². The van der Waals surface area contributed by atoms with E-state index in [9.17, 15) is 0 Å². The molecule has 0 fully saturated rings. The second kappa shape index (κ2) is 3.42. The van der Waals surface area contributed by atoms with Crippen LogP contribution in [0.2, 0.25) is 0 Å². The van der Waals surface area contributed by atoms with Gasteiger partial charge in [0, 0.05) is 12.1 Å². The van der Waals surface area contributed by atoms with Crippen LogP contribution in [-0.2, 0) is 0 Å². The van der Waals surface area contributed by atoms with Crippen molar-refractivity contribution in [3.05, 3.63) is 35.6 Å². The molecule has 0 bridgehead atoms. The highest BCUT2D eigenvalue weighted by molar-refractivity contribution is 5.30. The molecule has 0 amide bonds. The summed E-state index contributed by atoms with van der Waals surface area (Å²) < 4.78 is 0. The Balaban J connectivity index is 2.81. The first kappa shape index (κ1) is 8.12. The first-order valence-corrected chi connectivity index (χ1v) is 4.03. The van der Waals surface area contributed by atoms with Crippen LogP contribution in [0.4, 0.5) is 0 Å². The lowest BCUT2D eigenvalue weighted by atomic mass is 10.0. The lowest BCUT2D eigenvalue weighted by Crippen LogP contribution is -1.92. The van der Waals surface area contributed by atoms with Crippen molar-refractivity contribution in [2.45, 2.75) is 20.3 Å². The molecule has 1 heteroatoms. The van der Waals surface area contributed by atoms with Crippen LogP contribution >= 0.6 is 0 Å². The number of allylic oxidation sites excluding steroid dienone is 5. The second-order valence-corrected chi connectivity index (χ2v) is 3.17. The van der Waals surface area contributed by atoms with Crippen LogP contribution in [0.25, 0.3) is 0 Å². The molecule has 1 rings (SSSR count). The Hall–Kier alpha value is -0.980. The molecule has 0 aliphatic heterocycles. The van der Waals surface area contributed by atoms with Crippen LogP contribution in [0, 0.1) is 5.92 Å². The fraction of sp³-hybridized carbons (Fsp3) is 0.400. The minimum atomic E-state index is 0.591. The summed E-state index contributed by atoms with van der Waals surface area (Å²) in [6.45, 7) is 4.37. The molecule has 0 unspecified atom stereocenters. The van der Waals surface area contributed by atoms with E-state index in [0.717, 1.165) is 12.1 Å². The standard InChI is InChI=1S/C10H15N/c1-8(2)9-4-3-5-10(11)7-6-9/h3-4,6-8H,5,11H2,1-2H3. The highest BCUT2D eigenvalue weighted by Gasteiger charge is 1.99. The average molecular weight is 149 g/mol. The monoisotopic (exact) mass is 149 g/mol. The van der Waals surface area contributed by atoms with Gasteiger partial charge in [-0.05, 0) is 17.6 Å². The van der Waals surface area contributed by atoms with E-state index in [-0.39, 0.29) is 0 Å². The molecule has 11 heavy (non-hydrogen) atoms. The number of nitrogens with two attached hydrogens (primary N) is 1. The molecular weight excluding hydrogens is 134 g/mol. The van der Waals surface area contributed by atoms with Gasteiger partial charge < -0.3 is 5.73 Å². The quantitative estimate of drug-likeness (QED) is 0.608. The molecule has 0 aromatic carbocycles. The second-order valence-electron chi connectivity index (χ2n) is 3.17. The van der Waals surface area contributed by atoms with Crippen LogP contribution in [0.1, 0.15) is 20.3 Å². The van der Waals surface area contributed by atoms with E-state index < -0.39 is 0 Å². The first-order valence-electron chi connectivity index (χ1n) is 4.03. The normalized spacial score (nSPS) is 17.7. The molecule has 0 saturated carbocycles. The number of hydrogen-bond acceptors (Lipinski definition) is 1. The highest BCUT2D eigenvalue weighted by atomic mass is 14.6. The van der Waals surface area contributed by atoms with Gasteiger partial charge in [0.05, 0.1) is 0 Å². The van der Waals surface area contributed by atoms with Gasteiger partial charge in [-0.2, -0.15) is 0 Å². The van der Waals surface area contributed by atoms with Crippen molar-refractivity contribution in [1.29, 1.82) is 0 Å². The third-order valence-corrected chi connectivity index (χ3v) is 1.82. The zero-order valence-electron chi connectivity index (χ0n) is 7.17. The molecular formula is C10H15N. The summed E-state index contributed by atoms with van der Waals surface area (Å²) in [7, 11) is 0. The Bertz CT molecular complexity index is 219. The maximum atomic E-state index is 5.66. The van der Waals surface area contributed by atoms with Crippen LogP contribution < -0.4 is 5.73 Å². The predicted molar refractivity (Wildman–Crippen MR) is 48.9 cm³/mol. The van der Waals surface area contributed by atoms with Crippen LogP contribution in [-0.4, -0.2) is 0 Å². The van der Waals surface area contributed by atoms with Gasteiger partial charge in [0.2, 0.25) is 0 Å². The maximum Gasteiger partial charge on any atom is 0.0119 e. The third-order valence-electron chi connectivity index (χ3n) is 1.82. The van der Waals surface area contributed by atoms with Crippen molar-refractivity contribution in [1.82, 2.24) is 0 Å². The van der Waals surface area contributed by atoms with Crippen LogP contribution in [0.15, 0.2) is 35.6 Å². The Kier molecular flexibility index (Phi) is 2.53. The number of rotatable bonds is 1. The van der Waals surface area contributed by atoms with Crippen LogP contribution in [0.3, 0.4) is 0 Å². The Morgan fingerprint density at radius 1 is 1.36 bits per heavy atom. The molecule has 1 aliphatic rings. The topological polar surface area (TPSA) is 26.0 Å². The minimum Gasteiger partial charge on any atom is -0.402 e. The molecule has 2 N–H and O–H groups in total. The fourth-order valence-electron chi connectivity index (χ4n) is 1.04. The van der Waals surface area contributed by atoms with Gasteiger partial charge in [-0.3, -0.25) is 0 Å². The zero-order valence-corrected chi connectivity index (χ0v) is 7.17. The summed E-state index contributed by atoms with van der Waals surface area (Å²) in [4.78, 5) is 0. The molecule has 0 spiro atoms. The Morgan fingerprint density at radius 2 is 2.09 bits per heavy atom. The molecule has 0 saturated heterocycles. The van der Waals surface area contributed by atoms with E-state index in [4.69, 9.17) is 5.73 Å². The highest BCUT2D eigenvalue weighted by Crippen LogP contribution is 2.15. The summed E-state index contributed by atoms with van der Waals surface area (Å²) in [6.07, 6.45) is 9.25. The lowest BCUT2D eigenvalue weighted by molar-refractivity contribution is 0.792.